The third-order valence-electron chi connectivity index (χ3n) is 5.23. The maximum atomic E-state index is 13.8. The van der Waals surface area contributed by atoms with E-state index in [-0.39, 0.29) is 11.7 Å². The zero-order valence-corrected chi connectivity index (χ0v) is 17.9. The Hall–Kier alpha value is -3.93. The van der Waals surface area contributed by atoms with Crippen LogP contribution in [0.2, 0.25) is 0 Å². The van der Waals surface area contributed by atoms with Crippen molar-refractivity contribution in [3.05, 3.63) is 108 Å². The van der Waals surface area contributed by atoms with Gasteiger partial charge in [0.15, 0.2) is 6.10 Å². The van der Waals surface area contributed by atoms with Crippen LogP contribution in [0.4, 0.5) is 4.39 Å². The average molecular weight is 429 g/mol. The van der Waals surface area contributed by atoms with Gasteiger partial charge in [-0.25, -0.2) is 9.37 Å². The summed E-state index contributed by atoms with van der Waals surface area (Å²) in [5, 5.41) is 2.95. The van der Waals surface area contributed by atoms with Crippen molar-refractivity contribution in [1.29, 1.82) is 0 Å². The molecule has 4 aromatic rings. The Balaban J connectivity index is 1.48. The number of nitrogens with one attached hydrogen (secondary N) is 1. The second-order valence-corrected chi connectivity index (χ2v) is 7.54. The van der Waals surface area contributed by atoms with Gasteiger partial charge in [0.25, 0.3) is 5.91 Å². The van der Waals surface area contributed by atoms with Gasteiger partial charge in [0.1, 0.15) is 23.4 Å². The molecule has 0 saturated heterocycles. The topological polar surface area (TPSA) is 56.1 Å². The first-order chi connectivity index (χ1) is 15.5. The fraction of sp³-hybridized carbons (Fsp3) is 0.154. The van der Waals surface area contributed by atoms with Gasteiger partial charge < -0.3 is 14.6 Å². The van der Waals surface area contributed by atoms with Crippen molar-refractivity contribution in [2.24, 2.45) is 7.05 Å². The molecule has 1 heterocycles. The molecule has 0 bridgehead atoms. The van der Waals surface area contributed by atoms with E-state index < -0.39 is 12.1 Å². The van der Waals surface area contributed by atoms with Crippen molar-refractivity contribution < 1.29 is 13.9 Å². The molecule has 1 N–H and O–H groups in total. The average Bonchev–Trinajstić information content (AvgIpc) is 3.23. The summed E-state index contributed by atoms with van der Waals surface area (Å²) < 4.78 is 21.5. The van der Waals surface area contributed by atoms with Crippen molar-refractivity contribution in [3.63, 3.8) is 0 Å². The third-order valence-corrected chi connectivity index (χ3v) is 5.23. The van der Waals surface area contributed by atoms with Crippen LogP contribution < -0.4 is 10.1 Å². The molecule has 1 aromatic heterocycles. The lowest BCUT2D eigenvalue weighted by Gasteiger charge is -2.22. The fourth-order valence-electron chi connectivity index (χ4n) is 3.51. The molecular formula is C26H24FN3O2. The first kappa shape index (κ1) is 21.3. The SMILES string of the molecule is CC(Oc1ccc(-c2ccccc2)cc1)C(=O)NC(c1cccc(F)c1)c1nccn1C. The summed E-state index contributed by atoms with van der Waals surface area (Å²) in [5.74, 6) is 0.489. The zero-order chi connectivity index (χ0) is 22.5. The van der Waals surface area contributed by atoms with Crippen LogP contribution in [-0.2, 0) is 11.8 Å². The summed E-state index contributed by atoms with van der Waals surface area (Å²) in [5.41, 5.74) is 2.78. The molecule has 0 spiro atoms. The van der Waals surface area contributed by atoms with Gasteiger partial charge in [-0.05, 0) is 47.9 Å². The summed E-state index contributed by atoms with van der Waals surface area (Å²) in [6.07, 6.45) is 2.67. The predicted molar refractivity (Wildman–Crippen MR) is 122 cm³/mol. The van der Waals surface area contributed by atoms with E-state index in [9.17, 15) is 9.18 Å². The van der Waals surface area contributed by atoms with E-state index in [1.807, 2.05) is 61.6 Å². The van der Waals surface area contributed by atoms with Crippen LogP contribution >= 0.6 is 0 Å². The molecule has 0 aliphatic rings. The zero-order valence-electron chi connectivity index (χ0n) is 17.9. The highest BCUT2D eigenvalue weighted by atomic mass is 19.1. The van der Waals surface area contributed by atoms with Gasteiger partial charge in [-0.2, -0.15) is 0 Å². The van der Waals surface area contributed by atoms with Crippen LogP contribution in [0, 0.1) is 5.82 Å². The molecule has 32 heavy (non-hydrogen) atoms. The Bertz CT molecular complexity index is 1190. The lowest BCUT2D eigenvalue weighted by Crippen LogP contribution is -2.39. The lowest BCUT2D eigenvalue weighted by atomic mass is 10.1. The first-order valence-electron chi connectivity index (χ1n) is 10.4. The van der Waals surface area contributed by atoms with Gasteiger partial charge in [-0.1, -0.05) is 54.6 Å². The molecule has 6 heteroatoms. The maximum absolute atomic E-state index is 13.8. The molecule has 4 rings (SSSR count). The molecule has 0 radical (unpaired) electrons. The number of halogens is 1. The second kappa shape index (κ2) is 9.47. The molecule has 3 aromatic carbocycles. The van der Waals surface area contributed by atoms with Crippen LogP contribution in [0.5, 0.6) is 5.75 Å². The summed E-state index contributed by atoms with van der Waals surface area (Å²) >= 11 is 0. The summed E-state index contributed by atoms with van der Waals surface area (Å²) in [6, 6.07) is 23.2. The third kappa shape index (κ3) is 4.86. The molecule has 0 aliphatic heterocycles. The van der Waals surface area contributed by atoms with E-state index in [0.29, 0.717) is 17.1 Å². The Morgan fingerprint density at radius 3 is 2.38 bits per heavy atom. The summed E-state index contributed by atoms with van der Waals surface area (Å²) in [4.78, 5) is 17.3. The number of benzene rings is 3. The Morgan fingerprint density at radius 1 is 1.00 bits per heavy atom. The number of nitrogens with zero attached hydrogens (tertiary/aromatic N) is 2. The number of ether oxygens (including phenoxy) is 1. The molecule has 0 fully saturated rings. The highest BCUT2D eigenvalue weighted by Gasteiger charge is 2.24. The number of aryl methyl sites for hydroxylation is 1. The molecule has 2 unspecified atom stereocenters. The van der Waals surface area contributed by atoms with E-state index >= 15 is 0 Å². The highest BCUT2D eigenvalue weighted by Crippen LogP contribution is 2.24. The molecule has 5 nitrogen and oxygen atoms in total. The highest BCUT2D eigenvalue weighted by molar-refractivity contribution is 5.81. The smallest absolute Gasteiger partial charge is 0.261 e. The summed E-state index contributed by atoms with van der Waals surface area (Å²) in [7, 11) is 1.83. The number of aromatic nitrogens is 2. The number of amides is 1. The van der Waals surface area contributed by atoms with Crippen LogP contribution in [0.25, 0.3) is 11.1 Å². The van der Waals surface area contributed by atoms with Gasteiger partial charge in [-0.3, -0.25) is 4.79 Å². The summed E-state index contributed by atoms with van der Waals surface area (Å²) in [6.45, 7) is 1.68. The normalized spacial score (nSPS) is 12.7. The molecule has 162 valence electrons. The van der Waals surface area contributed by atoms with Crippen molar-refractivity contribution in [3.8, 4) is 16.9 Å². The van der Waals surface area contributed by atoms with Gasteiger partial charge in [-0.15, -0.1) is 0 Å². The predicted octanol–water partition coefficient (Wildman–Crippen LogP) is 4.90. The van der Waals surface area contributed by atoms with Gasteiger partial charge in [0.2, 0.25) is 0 Å². The molecule has 0 aliphatic carbocycles. The maximum Gasteiger partial charge on any atom is 0.261 e. The van der Waals surface area contributed by atoms with Crippen LogP contribution in [-0.4, -0.2) is 21.6 Å². The Morgan fingerprint density at radius 2 is 1.72 bits per heavy atom. The van der Waals surface area contributed by atoms with Crippen LogP contribution in [0.3, 0.4) is 0 Å². The second-order valence-electron chi connectivity index (χ2n) is 7.54. The molecule has 1 amide bonds. The van der Waals surface area contributed by atoms with Crippen LogP contribution in [0.15, 0.2) is 91.3 Å². The lowest BCUT2D eigenvalue weighted by molar-refractivity contribution is -0.127. The van der Waals surface area contributed by atoms with Gasteiger partial charge in [0, 0.05) is 19.4 Å². The van der Waals surface area contributed by atoms with Gasteiger partial charge >= 0.3 is 0 Å². The Labute approximate surface area is 186 Å². The number of hydrogen-bond acceptors (Lipinski definition) is 3. The number of rotatable bonds is 7. The minimum absolute atomic E-state index is 0.325. The standard InChI is InChI=1S/C26H24FN3O2/c1-18(32-23-13-11-20(12-14-23)19-7-4-3-5-8-19)26(31)29-24(25-28-15-16-30(25)2)21-9-6-10-22(27)17-21/h3-18,24H,1-2H3,(H,29,31). The quantitative estimate of drug-likeness (QED) is 0.455. The number of carbonyl (C=O) groups excluding carboxylic acids is 1. The molecule has 0 saturated carbocycles. The van der Waals surface area contributed by atoms with E-state index in [2.05, 4.69) is 10.3 Å². The van der Waals surface area contributed by atoms with E-state index in [1.54, 1.807) is 36.0 Å². The largest absolute Gasteiger partial charge is 0.481 e. The van der Waals surface area contributed by atoms with Crippen molar-refractivity contribution in [1.82, 2.24) is 14.9 Å². The number of imidazole rings is 1. The van der Waals surface area contributed by atoms with Crippen molar-refractivity contribution in [2.75, 3.05) is 0 Å². The minimum Gasteiger partial charge on any atom is -0.481 e. The van der Waals surface area contributed by atoms with E-state index in [1.165, 1.54) is 12.1 Å². The Kier molecular flexibility index (Phi) is 6.31. The molecule has 2 atom stereocenters. The monoisotopic (exact) mass is 429 g/mol. The fourth-order valence-corrected chi connectivity index (χ4v) is 3.51. The first-order valence-corrected chi connectivity index (χ1v) is 10.4. The van der Waals surface area contributed by atoms with Crippen LogP contribution in [0.1, 0.15) is 24.4 Å². The van der Waals surface area contributed by atoms with E-state index in [4.69, 9.17) is 4.74 Å². The van der Waals surface area contributed by atoms with Crippen molar-refractivity contribution >= 4 is 5.91 Å². The number of carbonyl (C=O) groups is 1. The van der Waals surface area contributed by atoms with Crippen molar-refractivity contribution in [2.45, 2.75) is 19.1 Å². The number of hydrogen-bond donors (Lipinski definition) is 1. The van der Waals surface area contributed by atoms with E-state index in [0.717, 1.165) is 11.1 Å². The molecular weight excluding hydrogens is 405 g/mol. The minimum atomic E-state index is -0.756. The van der Waals surface area contributed by atoms with Gasteiger partial charge in [0.05, 0.1) is 0 Å².